The molecular weight excluding hydrogens is 624 g/mol. The zero-order chi connectivity index (χ0) is 36.6. The van der Waals surface area contributed by atoms with E-state index in [0.717, 1.165) is 83.5 Å². The Morgan fingerprint density at radius 3 is 1.22 bits per heavy atom. The maximum Gasteiger partial charge on any atom is 0.306 e. The van der Waals surface area contributed by atoms with Gasteiger partial charge >= 0.3 is 17.9 Å². The Bertz CT molecular complexity index is 944. The Kier molecular flexibility index (Phi) is 36.7. The lowest BCUT2D eigenvalue weighted by Crippen LogP contribution is -2.30. The first kappa shape index (κ1) is 47.1. The van der Waals surface area contributed by atoms with E-state index in [0.29, 0.717) is 19.3 Å². The first-order chi connectivity index (χ1) is 24.5. The molecule has 0 heterocycles. The van der Waals surface area contributed by atoms with Crippen molar-refractivity contribution in [2.75, 3.05) is 13.2 Å². The Morgan fingerprint density at radius 1 is 0.420 bits per heavy atom. The molecule has 1 unspecified atom stereocenters. The van der Waals surface area contributed by atoms with Gasteiger partial charge in [-0.2, -0.15) is 0 Å². The van der Waals surface area contributed by atoms with E-state index in [1.54, 1.807) is 0 Å². The van der Waals surface area contributed by atoms with Crippen LogP contribution in [-0.2, 0) is 28.6 Å². The van der Waals surface area contributed by atoms with E-state index in [1.165, 1.54) is 51.4 Å². The van der Waals surface area contributed by atoms with Crippen LogP contribution in [0.1, 0.15) is 181 Å². The van der Waals surface area contributed by atoms with Crippen LogP contribution in [0.25, 0.3) is 0 Å². The molecule has 6 nitrogen and oxygen atoms in total. The summed E-state index contributed by atoms with van der Waals surface area (Å²) < 4.78 is 16.5. The lowest BCUT2D eigenvalue weighted by atomic mass is 10.1. The van der Waals surface area contributed by atoms with Crippen LogP contribution in [0.4, 0.5) is 0 Å². The van der Waals surface area contributed by atoms with Crippen molar-refractivity contribution in [2.24, 2.45) is 0 Å². The van der Waals surface area contributed by atoms with Crippen molar-refractivity contribution in [1.82, 2.24) is 0 Å². The number of carbonyl (C=O) groups is 3. The minimum absolute atomic E-state index is 0.0924. The minimum Gasteiger partial charge on any atom is -0.462 e. The first-order valence-corrected chi connectivity index (χ1v) is 20.3. The van der Waals surface area contributed by atoms with Crippen LogP contribution < -0.4 is 0 Å². The fraction of sp³-hybridized carbons (Fsp3) is 0.705. The molecular formula is C44H74O6. The summed E-state index contributed by atoms with van der Waals surface area (Å²) in [4.78, 5) is 37.3. The van der Waals surface area contributed by atoms with Gasteiger partial charge in [0, 0.05) is 19.3 Å². The second-order valence-corrected chi connectivity index (χ2v) is 13.2. The number of rotatable bonds is 35. The summed E-state index contributed by atoms with van der Waals surface area (Å²) in [7, 11) is 0. The van der Waals surface area contributed by atoms with Crippen LogP contribution in [0.3, 0.4) is 0 Å². The standard InChI is InChI=1S/C44H74O6/c1-4-7-10-13-15-17-19-20-21-22-23-24-25-27-28-31-34-37-43(46)49-40-41(39-48-42(45)36-33-30-12-9-6-3)50-44(47)38-35-32-29-26-18-16-14-11-8-5-2/h7,10,15,17,20-21,23-24,27-28,41H,4-6,8-9,11-14,16,18-19,22,25-26,29-40H2,1-3H3/b10-7-,17-15-,21-20-,24-23-,28-27-. The van der Waals surface area contributed by atoms with Crippen molar-refractivity contribution in [3.8, 4) is 0 Å². The third-order valence-electron chi connectivity index (χ3n) is 8.29. The Hall–Kier alpha value is -2.89. The van der Waals surface area contributed by atoms with Crippen molar-refractivity contribution < 1.29 is 28.6 Å². The highest BCUT2D eigenvalue weighted by atomic mass is 16.6. The molecule has 0 fully saturated rings. The summed E-state index contributed by atoms with van der Waals surface area (Å²) in [5.41, 5.74) is 0. The van der Waals surface area contributed by atoms with Crippen LogP contribution in [0, 0.1) is 0 Å². The topological polar surface area (TPSA) is 78.9 Å². The molecule has 286 valence electrons. The summed E-state index contributed by atoms with van der Waals surface area (Å²) in [6.45, 7) is 6.34. The molecule has 0 amide bonds. The molecule has 0 aromatic rings. The molecule has 0 saturated heterocycles. The molecule has 0 aliphatic carbocycles. The fourth-order valence-corrected chi connectivity index (χ4v) is 5.24. The smallest absolute Gasteiger partial charge is 0.306 e. The average molecular weight is 699 g/mol. The SMILES string of the molecule is CC/C=C\C/C=C\C/C=C\C/C=C\C/C=C\CCCC(=O)OCC(COC(=O)CCCCCCC)OC(=O)CCCCCCCCCCCC. The van der Waals surface area contributed by atoms with Gasteiger partial charge in [-0.15, -0.1) is 0 Å². The van der Waals surface area contributed by atoms with Crippen molar-refractivity contribution >= 4 is 17.9 Å². The van der Waals surface area contributed by atoms with Gasteiger partial charge in [-0.25, -0.2) is 0 Å². The van der Waals surface area contributed by atoms with Gasteiger partial charge in [-0.05, 0) is 57.8 Å². The number of hydrogen-bond acceptors (Lipinski definition) is 6. The van der Waals surface area contributed by atoms with Gasteiger partial charge in [-0.3, -0.25) is 14.4 Å². The van der Waals surface area contributed by atoms with E-state index in [9.17, 15) is 14.4 Å². The van der Waals surface area contributed by atoms with Crippen LogP contribution >= 0.6 is 0 Å². The van der Waals surface area contributed by atoms with Gasteiger partial charge in [0.25, 0.3) is 0 Å². The summed E-state index contributed by atoms with van der Waals surface area (Å²) in [5, 5.41) is 0. The highest BCUT2D eigenvalue weighted by Gasteiger charge is 2.19. The molecule has 0 saturated carbocycles. The zero-order valence-electron chi connectivity index (χ0n) is 32.4. The molecule has 0 radical (unpaired) electrons. The summed E-state index contributed by atoms with van der Waals surface area (Å²) in [5.74, 6) is -0.976. The van der Waals surface area contributed by atoms with Crippen molar-refractivity contribution in [3.05, 3.63) is 60.8 Å². The van der Waals surface area contributed by atoms with E-state index in [1.807, 2.05) is 0 Å². The predicted octanol–water partition coefficient (Wildman–Crippen LogP) is 12.6. The Labute approximate surface area is 307 Å². The Balaban J connectivity index is 4.36. The van der Waals surface area contributed by atoms with Gasteiger partial charge in [0.1, 0.15) is 13.2 Å². The molecule has 0 aromatic carbocycles. The molecule has 0 aliphatic rings. The van der Waals surface area contributed by atoms with Crippen molar-refractivity contribution in [2.45, 2.75) is 187 Å². The summed E-state index contributed by atoms with van der Waals surface area (Å²) in [6.07, 6.45) is 45.2. The van der Waals surface area contributed by atoms with Gasteiger partial charge in [-0.1, -0.05) is 165 Å². The largest absolute Gasteiger partial charge is 0.462 e. The van der Waals surface area contributed by atoms with E-state index in [2.05, 4.69) is 81.5 Å². The first-order valence-electron chi connectivity index (χ1n) is 20.3. The number of hydrogen-bond donors (Lipinski definition) is 0. The number of allylic oxidation sites excluding steroid dienone is 10. The number of carbonyl (C=O) groups excluding carboxylic acids is 3. The van der Waals surface area contributed by atoms with Gasteiger partial charge < -0.3 is 14.2 Å². The molecule has 0 aliphatic heterocycles. The minimum atomic E-state index is -0.787. The van der Waals surface area contributed by atoms with Gasteiger partial charge in [0.15, 0.2) is 6.10 Å². The zero-order valence-corrected chi connectivity index (χ0v) is 32.4. The average Bonchev–Trinajstić information content (AvgIpc) is 3.11. The maximum atomic E-state index is 12.6. The number of ether oxygens (including phenoxy) is 3. The lowest BCUT2D eigenvalue weighted by Gasteiger charge is -2.18. The van der Waals surface area contributed by atoms with E-state index in [4.69, 9.17) is 14.2 Å². The van der Waals surface area contributed by atoms with E-state index >= 15 is 0 Å². The number of unbranched alkanes of at least 4 members (excludes halogenated alkanes) is 14. The van der Waals surface area contributed by atoms with Crippen molar-refractivity contribution in [3.63, 3.8) is 0 Å². The van der Waals surface area contributed by atoms with Crippen molar-refractivity contribution in [1.29, 1.82) is 0 Å². The second kappa shape index (κ2) is 38.9. The van der Waals surface area contributed by atoms with Crippen LogP contribution in [0.2, 0.25) is 0 Å². The molecule has 0 N–H and O–H groups in total. The predicted molar refractivity (Wildman–Crippen MR) is 210 cm³/mol. The number of esters is 3. The van der Waals surface area contributed by atoms with E-state index in [-0.39, 0.29) is 37.5 Å². The molecule has 0 aromatic heterocycles. The molecule has 0 spiro atoms. The molecule has 6 heteroatoms. The van der Waals surface area contributed by atoms with Crippen LogP contribution in [0.15, 0.2) is 60.8 Å². The quantitative estimate of drug-likeness (QED) is 0.0284. The van der Waals surface area contributed by atoms with Gasteiger partial charge in [0.05, 0.1) is 0 Å². The van der Waals surface area contributed by atoms with Crippen LogP contribution in [-0.4, -0.2) is 37.2 Å². The molecule has 50 heavy (non-hydrogen) atoms. The maximum absolute atomic E-state index is 12.6. The van der Waals surface area contributed by atoms with E-state index < -0.39 is 6.10 Å². The molecule has 1 atom stereocenters. The summed E-state index contributed by atoms with van der Waals surface area (Å²) >= 11 is 0. The van der Waals surface area contributed by atoms with Crippen LogP contribution in [0.5, 0.6) is 0 Å². The highest BCUT2D eigenvalue weighted by molar-refractivity contribution is 5.71. The third kappa shape index (κ3) is 36.4. The molecule has 0 bridgehead atoms. The Morgan fingerprint density at radius 2 is 0.780 bits per heavy atom. The highest BCUT2D eigenvalue weighted by Crippen LogP contribution is 2.13. The third-order valence-corrected chi connectivity index (χ3v) is 8.29. The lowest BCUT2D eigenvalue weighted by molar-refractivity contribution is -0.167. The second-order valence-electron chi connectivity index (χ2n) is 13.2. The monoisotopic (exact) mass is 699 g/mol. The summed E-state index contributed by atoms with van der Waals surface area (Å²) in [6, 6.07) is 0. The molecule has 0 rings (SSSR count). The van der Waals surface area contributed by atoms with Gasteiger partial charge in [0.2, 0.25) is 0 Å². The fourth-order valence-electron chi connectivity index (χ4n) is 5.24. The normalized spacial score (nSPS) is 12.6.